The Hall–Kier alpha value is -1.73. The van der Waals surface area contributed by atoms with Gasteiger partial charge in [0.05, 0.1) is 31.1 Å². The van der Waals surface area contributed by atoms with Crippen LogP contribution in [0, 0.1) is 0 Å². The molecule has 0 unspecified atom stereocenters. The van der Waals surface area contributed by atoms with E-state index in [4.69, 9.17) is 14.6 Å². The van der Waals surface area contributed by atoms with Crippen LogP contribution >= 0.6 is 0 Å². The first kappa shape index (κ1) is 13.7. The van der Waals surface area contributed by atoms with E-state index < -0.39 is 5.97 Å². The highest BCUT2D eigenvalue weighted by Gasteiger charge is 2.33. The van der Waals surface area contributed by atoms with Gasteiger partial charge < -0.3 is 19.5 Å². The molecule has 2 rings (SSSR count). The lowest BCUT2D eigenvalue weighted by atomic mass is 10.2. The molecule has 2 heterocycles. The molecule has 1 aliphatic rings. The summed E-state index contributed by atoms with van der Waals surface area (Å²) in [6.07, 6.45) is 3.72. The molecular weight excluding hydrogens is 250 g/mol. The number of aromatic nitrogens is 2. The molecule has 1 aromatic rings. The minimum absolute atomic E-state index is 0.0606. The lowest BCUT2D eigenvalue weighted by molar-refractivity contribution is 0.0690. The number of hydrogen-bond donors (Lipinski definition) is 1. The summed E-state index contributed by atoms with van der Waals surface area (Å²) < 4.78 is 10.6. The van der Waals surface area contributed by atoms with Crippen LogP contribution in [0.25, 0.3) is 0 Å². The van der Waals surface area contributed by atoms with E-state index in [1.807, 2.05) is 4.90 Å². The highest BCUT2D eigenvalue weighted by atomic mass is 16.5. The molecule has 0 amide bonds. The number of aromatic carboxylic acids is 1. The molecule has 7 nitrogen and oxygen atoms in total. The summed E-state index contributed by atoms with van der Waals surface area (Å²) in [6.45, 7) is 1.27. The number of ether oxygens (including phenoxy) is 2. The average molecular weight is 267 g/mol. The Bertz CT molecular complexity index is 437. The Labute approximate surface area is 111 Å². The van der Waals surface area contributed by atoms with Gasteiger partial charge in [0, 0.05) is 20.8 Å². The summed E-state index contributed by atoms with van der Waals surface area (Å²) in [6, 6.07) is 0.167. The Balaban J connectivity index is 2.16. The van der Waals surface area contributed by atoms with Crippen LogP contribution in [0.1, 0.15) is 16.9 Å². The summed E-state index contributed by atoms with van der Waals surface area (Å²) in [5, 5.41) is 8.80. The third kappa shape index (κ3) is 2.99. The van der Waals surface area contributed by atoms with Crippen molar-refractivity contribution in [2.75, 3.05) is 32.3 Å². The van der Waals surface area contributed by atoms with Crippen LogP contribution in [0.3, 0.4) is 0 Å². The number of anilines is 1. The summed E-state index contributed by atoms with van der Waals surface area (Å²) >= 11 is 0. The van der Waals surface area contributed by atoms with Gasteiger partial charge in [-0.2, -0.15) is 0 Å². The van der Waals surface area contributed by atoms with E-state index in [1.165, 1.54) is 12.4 Å². The highest BCUT2D eigenvalue weighted by molar-refractivity contribution is 5.84. The standard InChI is InChI=1S/C12H17N3O4/c1-18-7-8-3-9(19-2)6-15(8)11-5-13-10(4-14-11)12(16)17/h4-5,8-9H,3,6-7H2,1-2H3,(H,16,17)/t8-,9+/m0/s1. The quantitative estimate of drug-likeness (QED) is 0.827. The van der Waals surface area contributed by atoms with Crippen LogP contribution in [0.4, 0.5) is 5.82 Å². The fraction of sp³-hybridized carbons (Fsp3) is 0.583. The smallest absolute Gasteiger partial charge is 0.356 e. The van der Waals surface area contributed by atoms with Gasteiger partial charge in [-0.05, 0) is 6.42 Å². The van der Waals surface area contributed by atoms with Crippen molar-refractivity contribution in [2.45, 2.75) is 18.6 Å². The molecular formula is C12H17N3O4. The molecule has 7 heteroatoms. The molecule has 2 atom stereocenters. The zero-order valence-electron chi connectivity index (χ0n) is 10.9. The number of hydrogen-bond acceptors (Lipinski definition) is 6. The normalized spacial score (nSPS) is 22.7. The zero-order valence-corrected chi connectivity index (χ0v) is 10.9. The summed E-state index contributed by atoms with van der Waals surface area (Å²) in [7, 11) is 3.33. The minimum Gasteiger partial charge on any atom is -0.476 e. The molecule has 19 heavy (non-hydrogen) atoms. The van der Waals surface area contributed by atoms with E-state index in [0.29, 0.717) is 19.0 Å². The van der Waals surface area contributed by atoms with E-state index in [9.17, 15) is 4.79 Å². The summed E-state index contributed by atoms with van der Waals surface area (Å²) in [5.41, 5.74) is -0.0606. The second-order valence-corrected chi connectivity index (χ2v) is 4.42. The molecule has 0 aromatic carbocycles. The van der Waals surface area contributed by atoms with Crippen molar-refractivity contribution in [1.29, 1.82) is 0 Å². The first-order valence-corrected chi connectivity index (χ1v) is 5.99. The second kappa shape index (κ2) is 5.94. The first-order valence-electron chi connectivity index (χ1n) is 5.99. The Morgan fingerprint density at radius 1 is 1.47 bits per heavy atom. The van der Waals surface area contributed by atoms with Crippen molar-refractivity contribution < 1.29 is 19.4 Å². The number of nitrogens with zero attached hydrogens (tertiary/aromatic N) is 3. The van der Waals surface area contributed by atoms with Crippen molar-refractivity contribution in [1.82, 2.24) is 9.97 Å². The summed E-state index contributed by atoms with van der Waals surface area (Å²) in [4.78, 5) is 20.8. The predicted octanol–water partition coefficient (Wildman–Crippen LogP) is 0.415. The van der Waals surface area contributed by atoms with Crippen LogP contribution in [0.5, 0.6) is 0 Å². The molecule has 1 N–H and O–H groups in total. The van der Waals surface area contributed by atoms with Gasteiger partial charge in [0.25, 0.3) is 0 Å². The van der Waals surface area contributed by atoms with Crippen molar-refractivity contribution >= 4 is 11.8 Å². The van der Waals surface area contributed by atoms with Gasteiger partial charge in [0.1, 0.15) is 5.82 Å². The Morgan fingerprint density at radius 2 is 2.26 bits per heavy atom. The van der Waals surface area contributed by atoms with Gasteiger partial charge in [0.2, 0.25) is 0 Å². The third-order valence-corrected chi connectivity index (χ3v) is 3.22. The van der Waals surface area contributed by atoms with Gasteiger partial charge in [0.15, 0.2) is 5.69 Å². The molecule has 1 saturated heterocycles. The van der Waals surface area contributed by atoms with Crippen molar-refractivity contribution in [2.24, 2.45) is 0 Å². The molecule has 1 aromatic heterocycles. The van der Waals surface area contributed by atoms with Crippen molar-refractivity contribution in [3.05, 3.63) is 18.1 Å². The van der Waals surface area contributed by atoms with Crippen molar-refractivity contribution in [3.63, 3.8) is 0 Å². The van der Waals surface area contributed by atoms with Gasteiger partial charge in [-0.25, -0.2) is 14.8 Å². The van der Waals surface area contributed by atoms with E-state index in [-0.39, 0.29) is 17.8 Å². The number of methoxy groups -OCH3 is 2. The number of carbonyl (C=O) groups is 1. The molecule has 0 radical (unpaired) electrons. The largest absolute Gasteiger partial charge is 0.476 e. The Kier molecular flexibility index (Phi) is 4.28. The van der Waals surface area contributed by atoms with Crippen LogP contribution in [-0.4, -0.2) is 60.6 Å². The number of rotatable bonds is 5. The second-order valence-electron chi connectivity index (χ2n) is 4.42. The van der Waals surface area contributed by atoms with Gasteiger partial charge >= 0.3 is 5.97 Å². The van der Waals surface area contributed by atoms with Crippen molar-refractivity contribution in [3.8, 4) is 0 Å². The molecule has 0 spiro atoms. The molecule has 0 bridgehead atoms. The van der Waals surface area contributed by atoms with E-state index in [1.54, 1.807) is 14.2 Å². The lowest BCUT2D eigenvalue weighted by Crippen LogP contribution is -2.33. The predicted molar refractivity (Wildman–Crippen MR) is 67.4 cm³/mol. The highest BCUT2D eigenvalue weighted by Crippen LogP contribution is 2.25. The third-order valence-electron chi connectivity index (χ3n) is 3.22. The summed E-state index contributed by atoms with van der Waals surface area (Å²) in [5.74, 6) is -0.435. The van der Waals surface area contributed by atoms with Crippen LogP contribution in [0.2, 0.25) is 0 Å². The molecule has 0 aliphatic carbocycles. The van der Waals surface area contributed by atoms with Gasteiger partial charge in [-0.3, -0.25) is 0 Å². The fourth-order valence-electron chi connectivity index (χ4n) is 2.26. The lowest BCUT2D eigenvalue weighted by Gasteiger charge is -2.24. The first-order chi connectivity index (χ1) is 9.15. The molecule has 1 aliphatic heterocycles. The van der Waals surface area contributed by atoms with Crippen LogP contribution < -0.4 is 4.90 Å². The van der Waals surface area contributed by atoms with E-state index in [2.05, 4.69) is 9.97 Å². The maximum Gasteiger partial charge on any atom is 0.356 e. The molecule has 104 valence electrons. The van der Waals surface area contributed by atoms with E-state index >= 15 is 0 Å². The SMILES string of the molecule is COC[C@@H]1C[C@@H](OC)CN1c1cnc(C(=O)O)cn1. The number of carboxylic acids is 1. The zero-order chi connectivity index (χ0) is 13.8. The molecule has 1 fully saturated rings. The average Bonchev–Trinajstić information content (AvgIpc) is 2.82. The van der Waals surface area contributed by atoms with Gasteiger partial charge in [-0.1, -0.05) is 0 Å². The van der Waals surface area contributed by atoms with Gasteiger partial charge in [-0.15, -0.1) is 0 Å². The maximum absolute atomic E-state index is 10.7. The maximum atomic E-state index is 10.7. The monoisotopic (exact) mass is 267 g/mol. The fourth-order valence-corrected chi connectivity index (χ4v) is 2.26. The minimum atomic E-state index is -1.08. The Morgan fingerprint density at radius 3 is 2.79 bits per heavy atom. The molecule has 0 saturated carbocycles. The number of carboxylic acid groups (broad SMARTS) is 1. The topological polar surface area (TPSA) is 84.8 Å². The van der Waals surface area contributed by atoms with Crippen LogP contribution in [0.15, 0.2) is 12.4 Å². The van der Waals surface area contributed by atoms with E-state index in [0.717, 1.165) is 6.42 Å². The van der Waals surface area contributed by atoms with Crippen LogP contribution in [-0.2, 0) is 9.47 Å².